The predicted octanol–water partition coefficient (Wildman–Crippen LogP) is 3.64. The van der Waals surface area contributed by atoms with Crippen LogP contribution >= 0.6 is 12.2 Å². The Morgan fingerprint density at radius 1 is 1.18 bits per heavy atom. The van der Waals surface area contributed by atoms with Crippen LogP contribution in [0.1, 0.15) is 12.7 Å². The number of hydrogen-bond acceptors (Lipinski definition) is 2. The Hall–Kier alpha value is -2.40. The Labute approximate surface area is 135 Å². The minimum Gasteiger partial charge on any atom is -0.363 e. The van der Waals surface area contributed by atoms with Gasteiger partial charge in [0.05, 0.1) is 11.0 Å². The number of thiocarbonyl (C=S) groups is 1. The smallest absolute Gasteiger partial charge is 0.170 e. The average molecular weight is 310 g/mol. The molecule has 0 atom stereocenters. The summed E-state index contributed by atoms with van der Waals surface area (Å²) in [5, 5.41) is 6.88. The SMILES string of the molecule is CCNC(=S)Nc1ccc2c(c1)nc(C)n2-c1ccccc1. The van der Waals surface area contributed by atoms with E-state index in [-0.39, 0.29) is 0 Å². The summed E-state index contributed by atoms with van der Waals surface area (Å²) in [5.41, 5.74) is 4.09. The fourth-order valence-electron chi connectivity index (χ4n) is 2.52. The van der Waals surface area contributed by atoms with E-state index < -0.39 is 0 Å². The number of para-hydroxylation sites is 1. The summed E-state index contributed by atoms with van der Waals surface area (Å²) < 4.78 is 2.15. The van der Waals surface area contributed by atoms with E-state index >= 15 is 0 Å². The van der Waals surface area contributed by atoms with Crippen LogP contribution in [0.4, 0.5) is 5.69 Å². The van der Waals surface area contributed by atoms with Crippen molar-refractivity contribution in [1.29, 1.82) is 0 Å². The highest BCUT2D eigenvalue weighted by molar-refractivity contribution is 7.80. The number of imidazole rings is 1. The molecule has 0 amide bonds. The second-order valence-electron chi connectivity index (χ2n) is 5.02. The Balaban J connectivity index is 2.00. The molecule has 0 spiro atoms. The van der Waals surface area contributed by atoms with Gasteiger partial charge in [0.15, 0.2) is 5.11 Å². The number of fused-ring (bicyclic) bond motifs is 1. The van der Waals surface area contributed by atoms with E-state index in [1.165, 1.54) is 0 Å². The van der Waals surface area contributed by atoms with Gasteiger partial charge in [0, 0.05) is 17.9 Å². The van der Waals surface area contributed by atoms with Crippen LogP contribution in [0, 0.1) is 6.92 Å². The first-order chi connectivity index (χ1) is 10.7. The summed E-state index contributed by atoms with van der Waals surface area (Å²) >= 11 is 5.22. The van der Waals surface area contributed by atoms with Gasteiger partial charge >= 0.3 is 0 Å². The van der Waals surface area contributed by atoms with Gasteiger partial charge < -0.3 is 10.6 Å². The fourth-order valence-corrected chi connectivity index (χ4v) is 2.78. The van der Waals surface area contributed by atoms with Crippen molar-refractivity contribution in [2.24, 2.45) is 0 Å². The number of nitrogens with one attached hydrogen (secondary N) is 2. The van der Waals surface area contributed by atoms with Gasteiger partial charge in [0.1, 0.15) is 5.82 Å². The molecule has 0 fully saturated rings. The van der Waals surface area contributed by atoms with Crippen LogP contribution in [0.25, 0.3) is 16.7 Å². The third kappa shape index (κ3) is 2.80. The number of aryl methyl sites for hydroxylation is 1. The number of anilines is 1. The van der Waals surface area contributed by atoms with E-state index in [9.17, 15) is 0 Å². The Morgan fingerprint density at radius 3 is 2.68 bits per heavy atom. The first kappa shape index (κ1) is 14.5. The van der Waals surface area contributed by atoms with Crippen LogP contribution in [-0.2, 0) is 0 Å². The van der Waals surface area contributed by atoms with Gasteiger partial charge in [0.25, 0.3) is 0 Å². The zero-order valence-electron chi connectivity index (χ0n) is 12.6. The molecule has 0 saturated carbocycles. The molecule has 0 aliphatic heterocycles. The predicted molar refractivity (Wildman–Crippen MR) is 95.7 cm³/mol. The maximum absolute atomic E-state index is 5.22. The third-order valence-electron chi connectivity index (χ3n) is 3.43. The lowest BCUT2D eigenvalue weighted by molar-refractivity contribution is 0.979. The topological polar surface area (TPSA) is 41.9 Å². The second kappa shape index (κ2) is 6.15. The fraction of sp³-hybridized carbons (Fsp3) is 0.176. The number of nitrogens with zero attached hydrogens (tertiary/aromatic N) is 2. The molecular formula is C17H18N4S. The highest BCUT2D eigenvalue weighted by Gasteiger charge is 2.09. The first-order valence-corrected chi connectivity index (χ1v) is 7.69. The van der Waals surface area contributed by atoms with Crippen molar-refractivity contribution in [3.8, 4) is 5.69 Å². The highest BCUT2D eigenvalue weighted by Crippen LogP contribution is 2.23. The maximum Gasteiger partial charge on any atom is 0.170 e. The van der Waals surface area contributed by atoms with Crippen LogP contribution in [0.5, 0.6) is 0 Å². The Bertz CT molecular complexity index is 808. The van der Waals surface area contributed by atoms with Gasteiger partial charge in [-0.3, -0.25) is 4.57 Å². The molecule has 0 radical (unpaired) electrons. The molecule has 3 rings (SSSR count). The molecule has 2 aromatic carbocycles. The molecule has 0 aliphatic rings. The molecule has 0 bridgehead atoms. The lowest BCUT2D eigenvalue weighted by Crippen LogP contribution is -2.27. The monoisotopic (exact) mass is 310 g/mol. The maximum atomic E-state index is 5.22. The van der Waals surface area contributed by atoms with Crippen molar-refractivity contribution < 1.29 is 0 Å². The van der Waals surface area contributed by atoms with Crippen LogP contribution in [0.2, 0.25) is 0 Å². The zero-order valence-corrected chi connectivity index (χ0v) is 13.4. The normalized spacial score (nSPS) is 10.6. The van der Waals surface area contributed by atoms with Crippen molar-refractivity contribution in [1.82, 2.24) is 14.9 Å². The molecule has 1 aromatic heterocycles. The quantitative estimate of drug-likeness (QED) is 0.725. The lowest BCUT2D eigenvalue weighted by atomic mass is 10.2. The van der Waals surface area contributed by atoms with Crippen molar-refractivity contribution in [3.05, 3.63) is 54.4 Å². The van der Waals surface area contributed by atoms with E-state index in [1.54, 1.807) is 0 Å². The summed E-state index contributed by atoms with van der Waals surface area (Å²) in [4.78, 5) is 4.66. The summed E-state index contributed by atoms with van der Waals surface area (Å²) in [6.07, 6.45) is 0. The van der Waals surface area contributed by atoms with Gasteiger partial charge in [-0.25, -0.2) is 4.98 Å². The Morgan fingerprint density at radius 2 is 1.95 bits per heavy atom. The van der Waals surface area contributed by atoms with Crippen LogP contribution in [-0.4, -0.2) is 21.2 Å². The van der Waals surface area contributed by atoms with Crippen LogP contribution < -0.4 is 10.6 Å². The molecule has 4 nitrogen and oxygen atoms in total. The number of rotatable bonds is 3. The molecule has 0 aliphatic carbocycles. The van der Waals surface area contributed by atoms with Gasteiger partial charge in [-0.15, -0.1) is 0 Å². The highest BCUT2D eigenvalue weighted by atomic mass is 32.1. The molecule has 3 aromatic rings. The van der Waals surface area contributed by atoms with Crippen LogP contribution in [0.3, 0.4) is 0 Å². The lowest BCUT2D eigenvalue weighted by Gasteiger charge is -2.09. The van der Waals surface area contributed by atoms with Gasteiger partial charge in [0.2, 0.25) is 0 Å². The van der Waals surface area contributed by atoms with E-state index in [1.807, 2.05) is 44.2 Å². The molecule has 112 valence electrons. The van der Waals surface area contributed by atoms with Gasteiger partial charge in [-0.05, 0) is 56.4 Å². The van der Waals surface area contributed by atoms with Gasteiger partial charge in [-0.2, -0.15) is 0 Å². The second-order valence-corrected chi connectivity index (χ2v) is 5.43. The molecule has 1 heterocycles. The van der Waals surface area contributed by atoms with Crippen molar-refractivity contribution in [3.63, 3.8) is 0 Å². The number of hydrogen-bond donors (Lipinski definition) is 2. The van der Waals surface area contributed by atoms with Crippen molar-refractivity contribution >= 4 is 34.1 Å². The third-order valence-corrected chi connectivity index (χ3v) is 3.68. The minimum absolute atomic E-state index is 0.626. The summed E-state index contributed by atoms with van der Waals surface area (Å²) in [5.74, 6) is 0.965. The van der Waals surface area contributed by atoms with Crippen molar-refractivity contribution in [2.45, 2.75) is 13.8 Å². The summed E-state index contributed by atoms with van der Waals surface area (Å²) in [6.45, 7) is 4.83. The molecular weight excluding hydrogens is 292 g/mol. The summed E-state index contributed by atoms with van der Waals surface area (Å²) in [7, 11) is 0. The molecule has 2 N–H and O–H groups in total. The molecule has 0 unspecified atom stereocenters. The minimum atomic E-state index is 0.626. The van der Waals surface area contributed by atoms with E-state index in [0.29, 0.717) is 5.11 Å². The Kier molecular flexibility index (Phi) is 4.06. The molecule has 5 heteroatoms. The largest absolute Gasteiger partial charge is 0.363 e. The average Bonchev–Trinajstić information content (AvgIpc) is 2.83. The van der Waals surface area contributed by atoms with Crippen molar-refractivity contribution in [2.75, 3.05) is 11.9 Å². The first-order valence-electron chi connectivity index (χ1n) is 7.28. The summed E-state index contributed by atoms with van der Waals surface area (Å²) in [6, 6.07) is 16.4. The van der Waals surface area contributed by atoms with E-state index in [4.69, 9.17) is 12.2 Å². The standard InChI is InChI=1S/C17H18N4S/c1-3-18-17(22)20-13-9-10-16-15(11-13)19-12(2)21(16)14-7-5-4-6-8-14/h4-11H,3H2,1-2H3,(H2,18,20,22). The number of benzene rings is 2. The van der Waals surface area contributed by atoms with E-state index in [0.717, 1.165) is 34.8 Å². The van der Waals surface area contributed by atoms with Gasteiger partial charge in [-0.1, -0.05) is 18.2 Å². The molecule has 22 heavy (non-hydrogen) atoms. The van der Waals surface area contributed by atoms with E-state index in [2.05, 4.69) is 38.4 Å². The van der Waals surface area contributed by atoms with Crippen LogP contribution in [0.15, 0.2) is 48.5 Å². The number of aromatic nitrogens is 2. The molecule has 0 saturated heterocycles. The zero-order chi connectivity index (χ0) is 15.5.